The van der Waals surface area contributed by atoms with Gasteiger partial charge >= 0.3 is 0 Å². The summed E-state index contributed by atoms with van der Waals surface area (Å²) in [5.41, 5.74) is 9.02. The van der Waals surface area contributed by atoms with Crippen molar-refractivity contribution in [2.24, 2.45) is 11.7 Å². The summed E-state index contributed by atoms with van der Waals surface area (Å²) in [5, 5.41) is 11.7. The lowest BCUT2D eigenvalue weighted by Crippen LogP contribution is -2.38. The Morgan fingerprint density at radius 3 is 2.60 bits per heavy atom. The predicted molar refractivity (Wildman–Crippen MR) is 129 cm³/mol. The van der Waals surface area contributed by atoms with Crippen molar-refractivity contribution in [3.05, 3.63) is 58.6 Å². The summed E-state index contributed by atoms with van der Waals surface area (Å²) in [4.78, 5) is 5.19. The van der Waals surface area contributed by atoms with Crippen LogP contribution >= 0.6 is 11.3 Å². The Morgan fingerprint density at radius 2 is 1.93 bits per heavy atom. The third kappa shape index (κ3) is 5.84. The Kier molecular flexibility index (Phi) is 7.60. The Hall–Kier alpha value is -1.42. The van der Waals surface area contributed by atoms with Crippen molar-refractivity contribution in [1.82, 2.24) is 9.71 Å². The molecule has 0 amide bonds. The highest BCUT2D eigenvalue weighted by Gasteiger charge is 2.21. The van der Waals surface area contributed by atoms with E-state index in [9.17, 15) is 9.32 Å². The predicted octanol–water partition coefficient (Wildman–Crippen LogP) is 3.34. The van der Waals surface area contributed by atoms with E-state index >= 15 is 0 Å². The number of aryl methyl sites for hydroxylation is 1. The fourth-order valence-electron chi connectivity index (χ4n) is 3.25. The van der Waals surface area contributed by atoms with Crippen LogP contribution in [0.4, 0.5) is 0 Å². The van der Waals surface area contributed by atoms with Gasteiger partial charge < -0.3 is 10.8 Å². The number of aliphatic hydroxyl groups is 1. The van der Waals surface area contributed by atoms with Crippen LogP contribution < -0.4 is 10.5 Å². The molecule has 0 saturated heterocycles. The van der Waals surface area contributed by atoms with Crippen molar-refractivity contribution < 1.29 is 9.32 Å². The molecule has 1 unspecified atom stereocenters. The van der Waals surface area contributed by atoms with Crippen LogP contribution in [0.1, 0.15) is 30.0 Å². The molecule has 0 radical (unpaired) electrons. The number of thiazole rings is 1. The molecule has 5 nitrogen and oxygen atoms in total. The summed E-state index contributed by atoms with van der Waals surface area (Å²) < 4.78 is 17.1. The van der Waals surface area contributed by atoms with Gasteiger partial charge in [-0.1, -0.05) is 44.2 Å². The maximum atomic E-state index is 13.2. The molecule has 3 atom stereocenters. The number of nitrogens with two attached hydrogens (primary N) is 1. The molecule has 3 aromatic rings. The van der Waals surface area contributed by atoms with Crippen LogP contribution in [0, 0.1) is 12.8 Å². The van der Waals surface area contributed by atoms with Crippen LogP contribution in [0.5, 0.6) is 0 Å². The molecule has 0 aliphatic carbocycles. The van der Waals surface area contributed by atoms with Gasteiger partial charge in [0.25, 0.3) is 0 Å². The fourth-order valence-corrected chi connectivity index (χ4v) is 6.02. The Balaban J connectivity index is 1.88. The number of benzene rings is 2. The molecule has 30 heavy (non-hydrogen) atoms. The molecule has 0 spiro atoms. The Bertz CT molecular complexity index is 1100. The van der Waals surface area contributed by atoms with Gasteiger partial charge in [0.15, 0.2) is 0 Å². The first kappa shape index (κ1) is 23.2. The Morgan fingerprint density at radius 1 is 1.23 bits per heavy atom. The van der Waals surface area contributed by atoms with Crippen molar-refractivity contribution in [3.8, 4) is 0 Å². The largest absolute Gasteiger partial charge is 0.391 e. The van der Waals surface area contributed by atoms with Gasteiger partial charge in [-0.25, -0.2) is 13.9 Å². The second-order valence-corrected chi connectivity index (χ2v) is 12.4. The first-order chi connectivity index (χ1) is 14.2. The van der Waals surface area contributed by atoms with E-state index in [1.54, 1.807) is 0 Å². The first-order valence-electron chi connectivity index (χ1n) is 10.0. The van der Waals surface area contributed by atoms with Crippen molar-refractivity contribution in [3.63, 3.8) is 0 Å². The summed E-state index contributed by atoms with van der Waals surface area (Å²) in [7, 11) is -2.82. The lowest BCUT2D eigenvalue weighted by molar-refractivity contribution is 0.144. The highest BCUT2D eigenvalue weighted by molar-refractivity contribution is 8.31. The zero-order valence-corrected chi connectivity index (χ0v) is 19.9. The van der Waals surface area contributed by atoms with E-state index < -0.39 is 20.8 Å². The van der Waals surface area contributed by atoms with Gasteiger partial charge in [-0.2, -0.15) is 0 Å². The summed E-state index contributed by atoms with van der Waals surface area (Å²) in [6, 6.07) is 13.2. The monoisotopic (exact) mass is 463 g/mol. The molecule has 2 aromatic carbocycles. The number of aromatic nitrogens is 1. The van der Waals surface area contributed by atoms with Gasteiger partial charge in [0.05, 0.1) is 26.2 Å². The van der Waals surface area contributed by atoms with Crippen LogP contribution in [0.25, 0.3) is 10.2 Å². The number of nitrogens with zero attached hydrogens (tertiary/aromatic N) is 1. The van der Waals surface area contributed by atoms with E-state index in [1.165, 1.54) is 11.3 Å². The zero-order chi connectivity index (χ0) is 21.9. The lowest BCUT2D eigenvalue weighted by atomic mass is 9.96. The minimum absolute atomic E-state index is 0.330. The molecule has 8 heteroatoms. The van der Waals surface area contributed by atoms with Crippen molar-refractivity contribution in [1.29, 1.82) is 0 Å². The quantitative estimate of drug-likeness (QED) is 0.453. The summed E-state index contributed by atoms with van der Waals surface area (Å²) >= 11 is 6.96. The van der Waals surface area contributed by atoms with Crippen LogP contribution in [-0.4, -0.2) is 33.0 Å². The topological polar surface area (TPSA) is 88.2 Å². The highest BCUT2D eigenvalue weighted by atomic mass is 32.8. The molecule has 4 N–H and O–H groups in total. The molecule has 1 aromatic heterocycles. The van der Waals surface area contributed by atoms with Gasteiger partial charge in [-0.15, -0.1) is 11.3 Å². The molecular formula is C22H29N3O2S3. The maximum absolute atomic E-state index is 13.2. The summed E-state index contributed by atoms with van der Waals surface area (Å²) in [6.07, 6.45) is 0.154. The lowest BCUT2D eigenvalue weighted by Gasteiger charge is -2.20. The van der Waals surface area contributed by atoms with Crippen molar-refractivity contribution in [2.75, 3.05) is 6.54 Å². The summed E-state index contributed by atoms with van der Waals surface area (Å²) in [6.45, 7) is 6.60. The van der Waals surface area contributed by atoms with Gasteiger partial charge in [-0.3, -0.25) is 0 Å². The van der Waals surface area contributed by atoms with E-state index in [4.69, 9.17) is 16.9 Å². The molecular weight excluding hydrogens is 434 g/mol. The summed E-state index contributed by atoms with van der Waals surface area (Å²) in [5.74, 6) is 0.334. The fraction of sp³-hybridized carbons (Fsp3) is 0.409. The molecule has 0 aliphatic rings. The molecule has 0 fully saturated rings. The number of hydrogen-bond acceptors (Lipinski definition) is 6. The number of nitrogens with one attached hydrogen (secondary N) is 1. The molecule has 0 aliphatic heterocycles. The average molecular weight is 464 g/mol. The number of fused-ring (bicyclic) bond motifs is 1. The van der Waals surface area contributed by atoms with Crippen molar-refractivity contribution >= 4 is 41.4 Å². The van der Waals surface area contributed by atoms with Crippen molar-refractivity contribution in [2.45, 2.75) is 50.7 Å². The van der Waals surface area contributed by atoms with E-state index in [0.29, 0.717) is 30.2 Å². The second-order valence-electron chi connectivity index (χ2n) is 8.03. The van der Waals surface area contributed by atoms with Gasteiger partial charge in [-0.05, 0) is 42.5 Å². The number of aliphatic hydroxyl groups excluding tert-OH is 1. The minimum atomic E-state index is -2.82. The van der Waals surface area contributed by atoms with Crippen LogP contribution in [0.15, 0.2) is 47.4 Å². The maximum Gasteiger partial charge on any atom is 0.119 e. The number of rotatable bonds is 9. The van der Waals surface area contributed by atoms with Crippen LogP contribution in [0.2, 0.25) is 0 Å². The van der Waals surface area contributed by atoms with E-state index in [1.807, 2.05) is 63.2 Å². The van der Waals surface area contributed by atoms with E-state index in [-0.39, 0.29) is 0 Å². The minimum Gasteiger partial charge on any atom is -0.391 e. The molecule has 1 heterocycles. The molecule has 0 bridgehead atoms. The highest BCUT2D eigenvalue weighted by Crippen LogP contribution is 2.29. The van der Waals surface area contributed by atoms with E-state index in [0.717, 1.165) is 26.4 Å². The molecule has 3 rings (SSSR count). The zero-order valence-electron chi connectivity index (χ0n) is 17.5. The van der Waals surface area contributed by atoms with Crippen LogP contribution in [0.3, 0.4) is 0 Å². The molecule has 162 valence electrons. The Labute approximate surface area is 187 Å². The average Bonchev–Trinajstić information content (AvgIpc) is 3.07. The first-order valence-corrected chi connectivity index (χ1v) is 13.3. The third-order valence-corrected chi connectivity index (χ3v) is 8.14. The standard InChI is InChI=1S/C22H29N3O2S3/c1-14(2)13-24-30(27,28)18-10-17(22-21(12-18)29-15(3)25-22)11-20(26)19(23)9-16-7-5-4-6-8-16/h4-8,10,12,14,19-20,24,26H,9,11,13,23H2,1-3H3/t19-,20+,30?/m0/s1. The molecule has 0 saturated carbocycles. The SMILES string of the molecule is Cc1nc2c(C[C@@H](O)[C@@H](N)Cc3ccccc3)cc(S(=O)(=S)NCC(C)C)cc2s1. The van der Waals surface area contributed by atoms with Gasteiger partial charge in [0, 0.05) is 30.2 Å². The normalized spacial score (nSPS) is 15.9. The van der Waals surface area contributed by atoms with Gasteiger partial charge in [0.1, 0.15) is 8.68 Å². The van der Waals surface area contributed by atoms with Gasteiger partial charge in [0.2, 0.25) is 0 Å². The number of hydrogen-bond donors (Lipinski definition) is 3. The van der Waals surface area contributed by atoms with E-state index in [2.05, 4.69) is 9.71 Å². The third-order valence-electron chi connectivity index (χ3n) is 4.88. The second kappa shape index (κ2) is 9.80. The van der Waals surface area contributed by atoms with Crippen LogP contribution in [-0.2, 0) is 32.7 Å². The smallest absolute Gasteiger partial charge is 0.119 e.